The van der Waals surface area contributed by atoms with Gasteiger partial charge in [-0.05, 0) is 19.3 Å². The van der Waals surface area contributed by atoms with Gasteiger partial charge < -0.3 is 15.0 Å². The highest BCUT2D eigenvalue weighted by Crippen LogP contribution is 2.38. The summed E-state index contributed by atoms with van der Waals surface area (Å²) in [6, 6.07) is 0.101. The molecular weight excluding hydrogens is 254 g/mol. The smallest absolute Gasteiger partial charge is 0.233 e. The fraction of sp³-hybridized carbons (Fsp3) is 0.733. The molecule has 1 aromatic rings. The lowest BCUT2D eigenvalue weighted by molar-refractivity contribution is -0.0365. The monoisotopic (exact) mass is 277 g/mol. The van der Waals surface area contributed by atoms with Gasteiger partial charge >= 0.3 is 0 Å². The lowest BCUT2D eigenvalue weighted by Crippen LogP contribution is -2.29. The van der Waals surface area contributed by atoms with E-state index in [-0.39, 0.29) is 17.6 Å². The second-order valence-corrected chi connectivity index (χ2v) is 5.96. The van der Waals surface area contributed by atoms with E-state index in [4.69, 9.17) is 15.0 Å². The van der Waals surface area contributed by atoms with E-state index in [9.17, 15) is 0 Å². The third kappa shape index (κ3) is 2.52. The molecule has 2 atom stereocenters. The minimum atomic E-state index is -0.358. The molecule has 3 rings (SSSR count). The van der Waals surface area contributed by atoms with Crippen molar-refractivity contribution in [2.24, 2.45) is 5.73 Å². The fourth-order valence-electron chi connectivity index (χ4n) is 3.30. The van der Waals surface area contributed by atoms with Crippen LogP contribution in [0.4, 0.5) is 0 Å². The summed E-state index contributed by atoms with van der Waals surface area (Å²) >= 11 is 0. The second-order valence-electron chi connectivity index (χ2n) is 5.96. The van der Waals surface area contributed by atoms with Crippen LogP contribution in [-0.4, -0.2) is 23.3 Å². The molecule has 1 aromatic heterocycles. The molecule has 5 heteroatoms. The zero-order valence-electron chi connectivity index (χ0n) is 12.0. The van der Waals surface area contributed by atoms with Gasteiger partial charge in [0.1, 0.15) is 5.60 Å². The standard InChI is InChI=1S/C15H23N3O2/c1-19-15(8-4-2-3-5-9-15)14-17-13(20-18-14)11-6-7-12(16)10-11/h6-7,11-12H,2-5,8-10,16H2,1H3. The normalized spacial score (nSPS) is 29.5. The van der Waals surface area contributed by atoms with E-state index in [1.165, 1.54) is 12.8 Å². The Kier molecular flexibility index (Phi) is 3.89. The number of allylic oxidation sites excluding steroid dienone is 1. The van der Waals surface area contributed by atoms with Crippen molar-refractivity contribution in [3.05, 3.63) is 23.9 Å². The van der Waals surface area contributed by atoms with Crippen molar-refractivity contribution in [2.45, 2.75) is 62.5 Å². The molecule has 2 aliphatic carbocycles. The summed E-state index contributed by atoms with van der Waals surface area (Å²) in [5, 5.41) is 4.21. The summed E-state index contributed by atoms with van der Waals surface area (Å²) in [6.07, 6.45) is 11.7. The van der Waals surface area contributed by atoms with Crippen molar-refractivity contribution in [3.63, 3.8) is 0 Å². The summed E-state index contributed by atoms with van der Waals surface area (Å²) in [5.41, 5.74) is 5.53. The largest absolute Gasteiger partial charge is 0.370 e. The summed E-state index contributed by atoms with van der Waals surface area (Å²) in [7, 11) is 1.76. The van der Waals surface area contributed by atoms with Crippen molar-refractivity contribution in [1.82, 2.24) is 10.1 Å². The van der Waals surface area contributed by atoms with Gasteiger partial charge in [-0.1, -0.05) is 43.0 Å². The summed E-state index contributed by atoms with van der Waals surface area (Å²) in [5.74, 6) is 1.54. The van der Waals surface area contributed by atoms with E-state index >= 15 is 0 Å². The van der Waals surface area contributed by atoms with Gasteiger partial charge in [-0.3, -0.25) is 0 Å². The van der Waals surface area contributed by atoms with E-state index < -0.39 is 0 Å². The summed E-state index contributed by atoms with van der Waals surface area (Å²) < 4.78 is 11.3. The molecule has 0 saturated heterocycles. The van der Waals surface area contributed by atoms with Crippen LogP contribution in [0, 0.1) is 0 Å². The maximum atomic E-state index is 5.88. The van der Waals surface area contributed by atoms with Crippen LogP contribution in [0.1, 0.15) is 62.6 Å². The van der Waals surface area contributed by atoms with Crippen LogP contribution in [0.25, 0.3) is 0 Å². The Morgan fingerprint density at radius 3 is 2.60 bits per heavy atom. The Morgan fingerprint density at radius 2 is 2.00 bits per heavy atom. The van der Waals surface area contributed by atoms with Gasteiger partial charge in [-0.2, -0.15) is 4.98 Å². The maximum Gasteiger partial charge on any atom is 0.233 e. The molecule has 1 saturated carbocycles. The van der Waals surface area contributed by atoms with Crippen LogP contribution in [0.5, 0.6) is 0 Å². The molecule has 0 aliphatic heterocycles. The van der Waals surface area contributed by atoms with Crippen molar-refractivity contribution in [2.75, 3.05) is 7.11 Å². The summed E-state index contributed by atoms with van der Waals surface area (Å²) in [4.78, 5) is 4.63. The molecule has 0 amide bonds. The number of rotatable bonds is 3. The molecule has 0 spiro atoms. The van der Waals surface area contributed by atoms with Gasteiger partial charge in [0, 0.05) is 13.2 Å². The average Bonchev–Trinajstić information content (AvgIpc) is 3.03. The van der Waals surface area contributed by atoms with Gasteiger partial charge in [0.15, 0.2) is 0 Å². The van der Waals surface area contributed by atoms with Crippen molar-refractivity contribution >= 4 is 0 Å². The Balaban J connectivity index is 1.82. The number of hydrogen-bond donors (Lipinski definition) is 1. The highest BCUT2D eigenvalue weighted by molar-refractivity contribution is 5.16. The van der Waals surface area contributed by atoms with Crippen molar-refractivity contribution in [3.8, 4) is 0 Å². The molecule has 0 aromatic carbocycles. The van der Waals surface area contributed by atoms with E-state index in [1.807, 2.05) is 6.08 Å². The number of nitrogens with zero attached hydrogens (tertiary/aromatic N) is 2. The Labute approximate surface area is 119 Å². The minimum Gasteiger partial charge on any atom is -0.370 e. The zero-order chi connectivity index (χ0) is 14.0. The first-order valence-corrected chi connectivity index (χ1v) is 7.57. The molecule has 1 fully saturated rings. The van der Waals surface area contributed by atoms with Gasteiger partial charge in [0.2, 0.25) is 11.7 Å². The zero-order valence-corrected chi connectivity index (χ0v) is 12.0. The lowest BCUT2D eigenvalue weighted by Gasteiger charge is -2.27. The maximum absolute atomic E-state index is 5.88. The minimum absolute atomic E-state index is 0.101. The van der Waals surface area contributed by atoms with E-state index in [2.05, 4.69) is 16.2 Å². The molecule has 0 bridgehead atoms. The topological polar surface area (TPSA) is 74.2 Å². The highest BCUT2D eigenvalue weighted by atomic mass is 16.5. The Hall–Kier alpha value is -1.20. The fourth-order valence-corrected chi connectivity index (χ4v) is 3.30. The predicted octanol–water partition coefficient (Wildman–Crippen LogP) is 2.64. The first-order valence-electron chi connectivity index (χ1n) is 7.57. The van der Waals surface area contributed by atoms with Crippen LogP contribution in [0.3, 0.4) is 0 Å². The Morgan fingerprint density at radius 1 is 1.25 bits per heavy atom. The lowest BCUT2D eigenvalue weighted by atomic mass is 9.93. The Bertz CT molecular complexity index is 475. The number of methoxy groups -OCH3 is 1. The van der Waals surface area contributed by atoms with Gasteiger partial charge in [0.05, 0.1) is 5.92 Å². The molecule has 0 radical (unpaired) electrons. The van der Waals surface area contributed by atoms with Crippen LogP contribution in [-0.2, 0) is 10.3 Å². The van der Waals surface area contributed by atoms with Crippen LogP contribution < -0.4 is 5.73 Å². The van der Waals surface area contributed by atoms with Gasteiger partial charge in [0.25, 0.3) is 0 Å². The van der Waals surface area contributed by atoms with Crippen molar-refractivity contribution in [1.29, 1.82) is 0 Å². The average molecular weight is 277 g/mol. The number of hydrogen-bond acceptors (Lipinski definition) is 5. The molecule has 20 heavy (non-hydrogen) atoms. The van der Waals surface area contributed by atoms with Crippen LogP contribution in [0.15, 0.2) is 16.7 Å². The molecule has 2 N–H and O–H groups in total. The number of nitrogens with two attached hydrogens (primary N) is 1. The molecule has 2 aliphatic rings. The third-order valence-electron chi connectivity index (χ3n) is 4.59. The van der Waals surface area contributed by atoms with Gasteiger partial charge in [-0.15, -0.1) is 0 Å². The molecule has 110 valence electrons. The summed E-state index contributed by atoms with van der Waals surface area (Å²) in [6.45, 7) is 0. The first kappa shape index (κ1) is 13.8. The van der Waals surface area contributed by atoms with E-state index in [0.717, 1.165) is 32.1 Å². The predicted molar refractivity (Wildman–Crippen MR) is 75.2 cm³/mol. The SMILES string of the molecule is COC1(c2noc(C3C=CC(N)C3)n2)CCCCCC1. The van der Waals surface area contributed by atoms with Crippen molar-refractivity contribution < 1.29 is 9.26 Å². The van der Waals surface area contributed by atoms with E-state index in [0.29, 0.717) is 11.7 Å². The second kappa shape index (κ2) is 5.66. The molecule has 1 heterocycles. The third-order valence-corrected chi connectivity index (χ3v) is 4.59. The first-order chi connectivity index (χ1) is 9.73. The van der Waals surface area contributed by atoms with Crippen LogP contribution >= 0.6 is 0 Å². The molecular formula is C15H23N3O2. The van der Waals surface area contributed by atoms with E-state index in [1.54, 1.807) is 7.11 Å². The number of aromatic nitrogens is 2. The quantitative estimate of drug-likeness (QED) is 0.679. The van der Waals surface area contributed by atoms with Gasteiger partial charge in [-0.25, -0.2) is 0 Å². The molecule has 2 unspecified atom stereocenters. The highest BCUT2D eigenvalue weighted by Gasteiger charge is 2.38. The molecule has 5 nitrogen and oxygen atoms in total. The number of ether oxygens (including phenoxy) is 1. The van der Waals surface area contributed by atoms with Crippen LogP contribution in [0.2, 0.25) is 0 Å².